The lowest BCUT2D eigenvalue weighted by molar-refractivity contribution is -0.133. The van der Waals surface area contributed by atoms with Gasteiger partial charge < -0.3 is 15.5 Å². The fraction of sp³-hybridized carbons (Fsp3) is 0.579. The average Bonchev–Trinajstić information content (AvgIpc) is 3.21. The molecule has 1 aromatic carbocycles. The maximum atomic E-state index is 13.0. The van der Waals surface area contributed by atoms with Gasteiger partial charge in [0.25, 0.3) is 5.91 Å². The number of hydrogen-bond acceptors (Lipinski definition) is 3. The van der Waals surface area contributed by atoms with Gasteiger partial charge in [0.2, 0.25) is 5.91 Å². The summed E-state index contributed by atoms with van der Waals surface area (Å²) in [5.41, 5.74) is 0.598. The van der Waals surface area contributed by atoms with E-state index in [1.54, 1.807) is 12.1 Å². The zero-order valence-corrected chi connectivity index (χ0v) is 15.7. The molecule has 3 rings (SSSR count). The molecule has 25 heavy (non-hydrogen) atoms. The molecule has 2 heterocycles. The van der Waals surface area contributed by atoms with Crippen molar-refractivity contribution in [2.24, 2.45) is 17.8 Å². The number of carbonyl (C=O) groups is 2. The molecule has 0 radical (unpaired) electrons. The summed E-state index contributed by atoms with van der Waals surface area (Å²) in [6.07, 6.45) is 0.855. The Morgan fingerprint density at radius 1 is 1.20 bits per heavy atom. The Labute approximate surface area is 155 Å². The normalized spacial score (nSPS) is 24.2. The largest absolute Gasteiger partial charge is 0.340 e. The molecule has 0 aliphatic carbocycles. The first-order chi connectivity index (χ1) is 11.6. The van der Waals surface area contributed by atoms with Gasteiger partial charge >= 0.3 is 0 Å². The molecule has 2 unspecified atom stereocenters. The van der Waals surface area contributed by atoms with E-state index in [1.807, 2.05) is 30.0 Å². The minimum atomic E-state index is -0.450. The van der Waals surface area contributed by atoms with Crippen LogP contribution in [0.3, 0.4) is 0 Å². The molecule has 2 saturated heterocycles. The summed E-state index contributed by atoms with van der Waals surface area (Å²) in [7, 11) is 0. The average molecular weight is 366 g/mol. The lowest BCUT2D eigenvalue weighted by atomic mass is 9.97. The third kappa shape index (κ3) is 4.33. The third-order valence-corrected chi connectivity index (χ3v) is 5.50. The van der Waals surface area contributed by atoms with Crippen LogP contribution in [0.2, 0.25) is 0 Å². The summed E-state index contributed by atoms with van der Waals surface area (Å²) in [4.78, 5) is 27.5. The van der Waals surface area contributed by atoms with Crippen LogP contribution >= 0.6 is 12.4 Å². The second-order valence-corrected chi connectivity index (χ2v) is 7.12. The van der Waals surface area contributed by atoms with E-state index in [4.69, 9.17) is 0 Å². The lowest BCUT2D eigenvalue weighted by Crippen LogP contribution is -2.51. The van der Waals surface area contributed by atoms with Crippen molar-refractivity contribution in [1.82, 2.24) is 15.5 Å². The Morgan fingerprint density at radius 2 is 1.80 bits per heavy atom. The van der Waals surface area contributed by atoms with Crippen LogP contribution in [0.25, 0.3) is 0 Å². The molecule has 1 aromatic rings. The van der Waals surface area contributed by atoms with Crippen molar-refractivity contribution >= 4 is 24.2 Å². The molecular weight excluding hydrogens is 338 g/mol. The number of halogens is 1. The Bertz CT molecular complexity index is 584. The number of fused-ring (bicyclic) bond motifs is 1. The Hall–Kier alpha value is -1.59. The predicted octanol–water partition coefficient (Wildman–Crippen LogP) is 1.93. The van der Waals surface area contributed by atoms with Gasteiger partial charge in [-0.2, -0.15) is 0 Å². The minimum Gasteiger partial charge on any atom is -0.340 e. The van der Waals surface area contributed by atoms with Gasteiger partial charge in [-0.05, 0) is 29.9 Å². The molecule has 2 aliphatic heterocycles. The van der Waals surface area contributed by atoms with E-state index in [2.05, 4.69) is 17.6 Å². The SMILES string of the molecule is CCC(C)C(NC(=O)c1ccccc1)C(=O)N1C[C@H]2CNC[C@H]2C1.Cl. The van der Waals surface area contributed by atoms with E-state index < -0.39 is 6.04 Å². The van der Waals surface area contributed by atoms with Crippen molar-refractivity contribution in [3.8, 4) is 0 Å². The van der Waals surface area contributed by atoms with Gasteiger partial charge in [-0.15, -0.1) is 12.4 Å². The van der Waals surface area contributed by atoms with Crippen molar-refractivity contribution in [1.29, 1.82) is 0 Å². The molecule has 0 spiro atoms. The molecule has 2 aliphatic rings. The molecule has 138 valence electrons. The van der Waals surface area contributed by atoms with Crippen molar-refractivity contribution in [2.45, 2.75) is 26.3 Å². The number of carbonyl (C=O) groups excluding carboxylic acids is 2. The number of benzene rings is 1. The molecular formula is C19H28ClN3O2. The first-order valence-electron chi connectivity index (χ1n) is 8.95. The van der Waals surface area contributed by atoms with Crippen LogP contribution < -0.4 is 10.6 Å². The second-order valence-electron chi connectivity index (χ2n) is 7.12. The zero-order valence-electron chi connectivity index (χ0n) is 14.9. The second kappa shape index (κ2) is 8.68. The van der Waals surface area contributed by atoms with E-state index in [9.17, 15) is 9.59 Å². The van der Waals surface area contributed by atoms with Crippen LogP contribution in [-0.4, -0.2) is 48.9 Å². The van der Waals surface area contributed by atoms with Crippen LogP contribution in [0.4, 0.5) is 0 Å². The summed E-state index contributed by atoms with van der Waals surface area (Å²) in [6, 6.07) is 8.66. The Morgan fingerprint density at radius 3 is 2.36 bits per heavy atom. The summed E-state index contributed by atoms with van der Waals surface area (Å²) in [6.45, 7) is 7.71. The summed E-state index contributed by atoms with van der Waals surface area (Å²) < 4.78 is 0. The van der Waals surface area contributed by atoms with Gasteiger partial charge in [-0.25, -0.2) is 0 Å². The van der Waals surface area contributed by atoms with E-state index in [1.165, 1.54) is 0 Å². The molecule has 6 heteroatoms. The highest BCUT2D eigenvalue weighted by atomic mass is 35.5. The van der Waals surface area contributed by atoms with Gasteiger partial charge in [0, 0.05) is 31.7 Å². The lowest BCUT2D eigenvalue weighted by Gasteiger charge is -2.28. The number of amides is 2. The van der Waals surface area contributed by atoms with Gasteiger partial charge in [0.1, 0.15) is 6.04 Å². The molecule has 0 aromatic heterocycles. The number of nitrogens with zero attached hydrogens (tertiary/aromatic N) is 1. The topological polar surface area (TPSA) is 61.4 Å². The number of hydrogen-bond donors (Lipinski definition) is 2. The molecule has 0 bridgehead atoms. The summed E-state index contributed by atoms with van der Waals surface area (Å²) in [5, 5.41) is 6.37. The van der Waals surface area contributed by atoms with Crippen LogP contribution in [-0.2, 0) is 4.79 Å². The Balaban J connectivity index is 0.00000225. The van der Waals surface area contributed by atoms with E-state index in [0.29, 0.717) is 17.4 Å². The monoisotopic (exact) mass is 365 g/mol. The minimum absolute atomic E-state index is 0. The number of rotatable bonds is 5. The smallest absolute Gasteiger partial charge is 0.251 e. The van der Waals surface area contributed by atoms with Crippen molar-refractivity contribution in [3.05, 3.63) is 35.9 Å². The summed E-state index contributed by atoms with van der Waals surface area (Å²) >= 11 is 0. The fourth-order valence-electron chi connectivity index (χ4n) is 3.73. The standard InChI is InChI=1S/C19H27N3O2.ClH/c1-3-13(2)17(21-18(23)14-7-5-4-6-8-14)19(24)22-11-15-9-20-10-16(15)12-22;/h4-8,13,15-17,20H,3,9-12H2,1-2H3,(H,21,23);1H/t13?,15-,16+,17?;. The quantitative estimate of drug-likeness (QED) is 0.838. The Kier molecular flexibility index (Phi) is 6.85. The molecule has 5 nitrogen and oxygen atoms in total. The van der Waals surface area contributed by atoms with E-state index in [-0.39, 0.29) is 30.1 Å². The van der Waals surface area contributed by atoms with Gasteiger partial charge in [0.15, 0.2) is 0 Å². The number of likely N-dealkylation sites (tertiary alicyclic amines) is 1. The molecule has 4 atom stereocenters. The van der Waals surface area contributed by atoms with Crippen LogP contribution in [0.1, 0.15) is 30.6 Å². The van der Waals surface area contributed by atoms with Gasteiger partial charge in [-0.3, -0.25) is 9.59 Å². The van der Waals surface area contributed by atoms with Crippen molar-refractivity contribution in [3.63, 3.8) is 0 Å². The first-order valence-corrected chi connectivity index (χ1v) is 8.95. The predicted molar refractivity (Wildman–Crippen MR) is 101 cm³/mol. The fourth-order valence-corrected chi connectivity index (χ4v) is 3.73. The van der Waals surface area contributed by atoms with Crippen molar-refractivity contribution < 1.29 is 9.59 Å². The van der Waals surface area contributed by atoms with Gasteiger partial charge in [-0.1, -0.05) is 38.5 Å². The molecule has 2 N–H and O–H groups in total. The van der Waals surface area contributed by atoms with Crippen LogP contribution in [0.15, 0.2) is 30.3 Å². The van der Waals surface area contributed by atoms with Crippen molar-refractivity contribution in [2.75, 3.05) is 26.2 Å². The third-order valence-electron chi connectivity index (χ3n) is 5.50. The molecule has 2 fully saturated rings. The van der Waals surface area contributed by atoms with Crippen LogP contribution in [0, 0.1) is 17.8 Å². The maximum Gasteiger partial charge on any atom is 0.251 e. The molecule has 0 saturated carbocycles. The van der Waals surface area contributed by atoms with Crippen LogP contribution in [0.5, 0.6) is 0 Å². The van der Waals surface area contributed by atoms with E-state index in [0.717, 1.165) is 32.6 Å². The highest BCUT2D eigenvalue weighted by Gasteiger charge is 2.41. The summed E-state index contributed by atoms with van der Waals surface area (Å²) in [5.74, 6) is 1.15. The molecule has 2 amide bonds. The first kappa shape index (κ1) is 19.7. The number of nitrogens with one attached hydrogen (secondary N) is 2. The van der Waals surface area contributed by atoms with Gasteiger partial charge in [0.05, 0.1) is 0 Å². The highest BCUT2D eigenvalue weighted by molar-refractivity contribution is 5.97. The zero-order chi connectivity index (χ0) is 17.1. The highest BCUT2D eigenvalue weighted by Crippen LogP contribution is 2.27. The maximum absolute atomic E-state index is 13.0. The van der Waals surface area contributed by atoms with E-state index >= 15 is 0 Å².